The summed E-state index contributed by atoms with van der Waals surface area (Å²) < 4.78 is 8.06. The van der Waals surface area contributed by atoms with Crippen LogP contribution in [0.5, 0.6) is 11.5 Å². The second-order valence-corrected chi connectivity index (χ2v) is 10.1. The number of ether oxygens (including phenoxy) is 1. The summed E-state index contributed by atoms with van der Waals surface area (Å²) in [6.45, 7) is 6.21. The van der Waals surface area contributed by atoms with Crippen LogP contribution >= 0.6 is 11.6 Å². The number of aromatic nitrogens is 6. The summed E-state index contributed by atoms with van der Waals surface area (Å²) in [6, 6.07) is 9.32. The molecule has 8 nitrogen and oxygen atoms in total. The molecule has 35 heavy (non-hydrogen) atoms. The molecule has 3 aromatic heterocycles. The SMILES string of the molecule is Cc1nc2ccc(Oc3ccc4ncc(-c5cnn(C(C)(C)C6CC(O)C6)c5)nc4c3Cl)cc2[nH]1. The number of hydrogen-bond donors (Lipinski definition) is 2. The van der Waals surface area contributed by atoms with Gasteiger partial charge < -0.3 is 14.8 Å². The molecule has 0 atom stereocenters. The Bertz CT molecular complexity index is 1570. The van der Waals surface area contributed by atoms with Gasteiger partial charge in [0.1, 0.15) is 27.9 Å². The van der Waals surface area contributed by atoms with E-state index in [4.69, 9.17) is 21.3 Å². The molecule has 0 aliphatic heterocycles. The molecule has 9 heteroatoms. The van der Waals surface area contributed by atoms with E-state index in [2.05, 4.69) is 33.9 Å². The summed E-state index contributed by atoms with van der Waals surface area (Å²) >= 11 is 6.74. The van der Waals surface area contributed by atoms with Crippen LogP contribution < -0.4 is 4.74 Å². The summed E-state index contributed by atoms with van der Waals surface area (Å²) in [6.07, 6.45) is 6.89. The minimum Gasteiger partial charge on any atom is -0.456 e. The van der Waals surface area contributed by atoms with Crippen LogP contribution in [0.15, 0.2) is 48.9 Å². The molecule has 1 fully saturated rings. The Balaban J connectivity index is 1.31. The zero-order chi connectivity index (χ0) is 24.3. The smallest absolute Gasteiger partial charge is 0.148 e. The molecular formula is C26H25ClN6O2. The largest absolute Gasteiger partial charge is 0.456 e. The van der Waals surface area contributed by atoms with E-state index < -0.39 is 0 Å². The fraction of sp³-hybridized carbons (Fsp3) is 0.308. The quantitative estimate of drug-likeness (QED) is 0.332. The lowest BCUT2D eigenvalue weighted by Crippen LogP contribution is -2.45. The molecule has 1 aliphatic carbocycles. The van der Waals surface area contributed by atoms with Crippen LogP contribution in [0.4, 0.5) is 0 Å². The van der Waals surface area contributed by atoms with Crippen LogP contribution in [0, 0.1) is 12.8 Å². The molecule has 178 valence electrons. The predicted octanol–water partition coefficient (Wildman–Crippen LogP) is 5.63. The van der Waals surface area contributed by atoms with Gasteiger partial charge in [0.05, 0.1) is 46.3 Å². The van der Waals surface area contributed by atoms with E-state index in [0.29, 0.717) is 39.2 Å². The number of aromatic amines is 1. The van der Waals surface area contributed by atoms with Crippen LogP contribution in [-0.4, -0.2) is 40.9 Å². The van der Waals surface area contributed by atoms with E-state index >= 15 is 0 Å². The van der Waals surface area contributed by atoms with Crippen LogP contribution in [0.3, 0.4) is 0 Å². The fourth-order valence-electron chi connectivity index (χ4n) is 4.67. The normalized spacial score (nSPS) is 18.2. The summed E-state index contributed by atoms with van der Waals surface area (Å²) in [7, 11) is 0. The molecule has 1 aliphatic rings. The van der Waals surface area contributed by atoms with Crippen molar-refractivity contribution in [3.05, 3.63) is 59.8 Å². The van der Waals surface area contributed by atoms with Gasteiger partial charge in [-0.15, -0.1) is 0 Å². The molecule has 0 saturated heterocycles. The standard InChI is InChI=1S/C26H25ClN6O2/c1-14-30-19-5-4-18(10-21(19)31-14)35-23-7-6-20-25(24(23)27)32-22(12-28-20)15-11-29-33(13-15)26(2,3)16-8-17(34)9-16/h4-7,10-13,16-17,34H,8-9H2,1-3H3,(H,30,31). The number of fused-ring (bicyclic) bond motifs is 2. The van der Waals surface area contributed by atoms with Crippen molar-refractivity contribution in [1.82, 2.24) is 29.7 Å². The number of nitrogens with one attached hydrogen (secondary N) is 1. The Labute approximate surface area is 207 Å². The molecule has 2 N–H and O–H groups in total. The predicted molar refractivity (Wildman–Crippen MR) is 135 cm³/mol. The molecule has 5 aromatic rings. The Morgan fingerprint density at radius 1 is 1.11 bits per heavy atom. The van der Waals surface area contributed by atoms with E-state index in [1.54, 1.807) is 18.5 Å². The van der Waals surface area contributed by atoms with Gasteiger partial charge in [-0.3, -0.25) is 9.67 Å². The summed E-state index contributed by atoms with van der Waals surface area (Å²) in [5.41, 5.74) is 4.37. The Morgan fingerprint density at radius 2 is 1.91 bits per heavy atom. The number of rotatable bonds is 5. The first kappa shape index (κ1) is 22.0. The topological polar surface area (TPSA) is 102 Å². The van der Waals surface area contributed by atoms with Crippen molar-refractivity contribution >= 4 is 33.7 Å². The van der Waals surface area contributed by atoms with Crippen molar-refractivity contribution < 1.29 is 9.84 Å². The maximum atomic E-state index is 9.73. The minimum atomic E-state index is -0.204. The number of aliphatic hydroxyl groups excluding tert-OH is 1. The Kier molecular flexibility index (Phi) is 5.05. The minimum absolute atomic E-state index is 0.200. The van der Waals surface area contributed by atoms with Crippen molar-refractivity contribution in [2.24, 2.45) is 5.92 Å². The van der Waals surface area contributed by atoms with Gasteiger partial charge in [-0.25, -0.2) is 9.97 Å². The van der Waals surface area contributed by atoms with E-state index in [0.717, 1.165) is 35.3 Å². The molecule has 0 radical (unpaired) electrons. The first-order valence-electron chi connectivity index (χ1n) is 11.6. The van der Waals surface area contributed by atoms with Crippen LogP contribution in [0.2, 0.25) is 5.02 Å². The molecule has 1 saturated carbocycles. The lowest BCUT2D eigenvalue weighted by Gasteiger charge is -2.43. The van der Waals surface area contributed by atoms with Crippen molar-refractivity contribution in [3.8, 4) is 22.8 Å². The van der Waals surface area contributed by atoms with Gasteiger partial charge in [0.25, 0.3) is 0 Å². The molecule has 2 aromatic carbocycles. The van der Waals surface area contributed by atoms with E-state index in [9.17, 15) is 5.11 Å². The molecule has 6 rings (SSSR count). The van der Waals surface area contributed by atoms with E-state index in [1.807, 2.05) is 42.1 Å². The van der Waals surface area contributed by atoms with Crippen molar-refractivity contribution in [1.29, 1.82) is 0 Å². The number of nitrogens with zero attached hydrogens (tertiary/aromatic N) is 5. The highest BCUT2D eigenvalue weighted by atomic mass is 35.5. The van der Waals surface area contributed by atoms with Gasteiger partial charge in [0.2, 0.25) is 0 Å². The second-order valence-electron chi connectivity index (χ2n) is 9.75. The summed E-state index contributed by atoms with van der Waals surface area (Å²) in [4.78, 5) is 17.0. The van der Waals surface area contributed by atoms with Gasteiger partial charge >= 0.3 is 0 Å². The maximum Gasteiger partial charge on any atom is 0.148 e. The third-order valence-corrected chi connectivity index (χ3v) is 7.36. The van der Waals surface area contributed by atoms with Gasteiger partial charge in [-0.2, -0.15) is 5.10 Å². The molecule has 0 unspecified atom stereocenters. The third kappa shape index (κ3) is 3.83. The molecule has 0 amide bonds. The van der Waals surface area contributed by atoms with E-state index in [1.165, 1.54) is 0 Å². The zero-order valence-corrected chi connectivity index (χ0v) is 20.4. The highest BCUT2D eigenvalue weighted by Crippen LogP contribution is 2.41. The number of aryl methyl sites for hydroxylation is 1. The molecule has 0 spiro atoms. The summed E-state index contributed by atoms with van der Waals surface area (Å²) in [5, 5.41) is 14.7. The fourth-order valence-corrected chi connectivity index (χ4v) is 4.91. The molecule has 3 heterocycles. The number of hydrogen-bond acceptors (Lipinski definition) is 6. The monoisotopic (exact) mass is 488 g/mol. The first-order valence-corrected chi connectivity index (χ1v) is 12.0. The molecular weight excluding hydrogens is 464 g/mol. The second kappa shape index (κ2) is 8.03. The Hall–Kier alpha value is -3.49. The first-order chi connectivity index (χ1) is 16.8. The Morgan fingerprint density at radius 3 is 2.71 bits per heavy atom. The highest BCUT2D eigenvalue weighted by Gasteiger charge is 2.41. The number of halogens is 1. The summed E-state index contributed by atoms with van der Waals surface area (Å²) in [5.74, 6) is 2.38. The lowest BCUT2D eigenvalue weighted by molar-refractivity contribution is -0.0151. The average Bonchev–Trinajstić information content (AvgIpc) is 3.45. The van der Waals surface area contributed by atoms with Gasteiger partial charge in [-0.05, 0) is 63.8 Å². The lowest BCUT2D eigenvalue weighted by atomic mass is 9.71. The third-order valence-electron chi connectivity index (χ3n) is 7.00. The van der Waals surface area contributed by atoms with Crippen molar-refractivity contribution in [2.45, 2.75) is 45.3 Å². The van der Waals surface area contributed by atoms with Crippen LogP contribution in [0.1, 0.15) is 32.5 Å². The van der Waals surface area contributed by atoms with Gasteiger partial charge in [0.15, 0.2) is 0 Å². The average molecular weight is 489 g/mol. The van der Waals surface area contributed by atoms with Crippen LogP contribution in [0.25, 0.3) is 33.3 Å². The van der Waals surface area contributed by atoms with Gasteiger partial charge in [0, 0.05) is 17.8 Å². The number of aliphatic hydroxyl groups is 1. The maximum absolute atomic E-state index is 9.73. The molecule has 0 bridgehead atoms. The van der Waals surface area contributed by atoms with Crippen LogP contribution in [-0.2, 0) is 5.54 Å². The number of H-pyrrole nitrogens is 1. The highest BCUT2D eigenvalue weighted by molar-refractivity contribution is 6.36. The van der Waals surface area contributed by atoms with Gasteiger partial charge in [-0.1, -0.05) is 11.6 Å². The number of benzene rings is 2. The van der Waals surface area contributed by atoms with E-state index in [-0.39, 0.29) is 11.6 Å². The number of imidazole rings is 1. The zero-order valence-electron chi connectivity index (χ0n) is 19.7. The van der Waals surface area contributed by atoms with Crippen molar-refractivity contribution in [2.75, 3.05) is 0 Å². The van der Waals surface area contributed by atoms with Crippen molar-refractivity contribution in [3.63, 3.8) is 0 Å².